The first-order chi connectivity index (χ1) is 25.2. The quantitative estimate of drug-likeness (QED) is 0.0354. The number of halogens is 3. The van der Waals surface area contributed by atoms with Gasteiger partial charge in [-0.3, -0.25) is 10.2 Å². The van der Waals surface area contributed by atoms with E-state index in [0.717, 1.165) is 12.1 Å². The van der Waals surface area contributed by atoms with Gasteiger partial charge in [-0.1, -0.05) is 70.9 Å². The van der Waals surface area contributed by atoms with Crippen molar-refractivity contribution in [2.45, 2.75) is 43.9 Å². The molecule has 4 aromatic carbocycles. The van der Waals surface area contributed by atoms with E-state index in [9.17, 15) is 23.5 Å². The van der Waals surface area contributed by atoms with E-state index in [1.807, 2.05) is 0 Å². The van der Waals surface area contributed by atoms with Gasteiger partial charge in [0.1, 0.15) is 11.5 Å². The summed E-state index contributed by atoms with van der Waals surface area (Å²) in [5, 5.41) is 16.6. The maximum absolute atomic E-state index is 14.6. The zero-order chi connectivity index (χ0) is 37.0. The molecule has 52 heavy (non-hydrogen) atoms. The van der Waals surface area contributed by atoms with Crippen LogP contribution in [0.25, 0.3) is 20.9 Å². The van der Waals surface area contributed by atoms with Crippen molar-refractivity contribution >= 4 is 17.5 Å². The highest BCUT2D eigenvalue weighted by atomic mass is 19.4. The molecule has 268 valence electrons. The smallest absolute Gasteiger partial charge is 0.494 e. The van der Waals surface area contributed by atoms with E-state index in [1.54, 1.807) is 72.8 Å². The number of aliphatic hydroxyl groups is 1. The Morgan fingerprint density at radius 1 is 0.942 bits per heavy atom. The maximum atomic E-state index is 14.6. The molecular formula is C35H32F3N9O5. The zero-order valence-electron chi connectivity index (χ0n) is 27.4. The van der Waals surface area contributed by atoms with Crippen LogP contribution in [-0.4, -0.2) is 42.0 Å². The van der Waals surface area contributed by atoms with Crippen LogP contribution >= 0.6 is 0 Å². The lowest BCUT2D eigenvalue weighted by molar-refractivity contribution is -0.274. The van der Waals surface area contributed by atoms with Crippen LogP contribution in [0.15, 0.2) is 112 Å². The van der Waals surface area contributed by atoms with Crippen LogP contribution in [0.5, 0.6) is 11.5 Å². The number of benzene rings is 4. The van der Waals surface area contributed by atoms with Gasteiger partial charge in [-0.2, -0.15) is 0 Å². The standard InChI is InChI=1S/C35H32F3N9O5/c36-35(37,38)52-28-14-10-23(11-15-28)21-41-45-33(49)34(20-25-6-2-4-9-30(25)44-47-40)31(29-8-3-1-7-26(29)22-42-46-39)51-32(43-34)24-12-16-27(17-13-24)50-19-5-18-48/h1-4,6-17,31,41,48H,5,18-22H2,(H,45,49)/t31-,34-/m0/s1. The van der Waals surface area contributed by atoms with Crippen LogP contribution < -0.4 is 20.3 Å². The molecule has 1 aliphatic heterocycles. The number of carbonyl (C=O) groups excluding carboxylic acids is 1. The summed E-state index contributed by atoms with van der Waals surface area (Å²) >= 11 is 0. The third-order valence-corrected chi connectivity index (χ3v) is 7.93. The molecule has 4 aromatic rings. The minimum Gasteiger partial charge on any atom is -0.494 e. The van der Waals surface area contributed by atoms with Crippen molar-refractivity contribution in [3.05, 3.63) is 146 Å². The Bertz CT molecular complexity index is 1980. The molecule has 0 fully saturated rings. The van der Waals surface area contributed by atoms with Gasteiger partial charge in [0.15, 0.2) is 11.6 Å². The molecule has 2 atom stereocenters. The van der Waals surface area contributed by atoms with Gasteiger partial charge in [-0.05, 0) is 69.7 Å². The monoisotopic (exact) mass is 715 g/mol. The van der Waals surface area contributed by atoms with Crippen molar-refractivity contribution in [1.82, 2.24) is 10.9 Å². The molecule has 14 nitrogen and oxygen atoms in total. The van der Waals surface area contributed by atoms with Gasteiger partial charge >= 0.3 is 6.36 Å². The van der Waals surface area contributed by atoms with Crippen molar-refractivity contribution < 1.29 is 37.3 Å². The van der Waals surface area contributed by atoms with Crippen molar-refractivity contribution in [1.29, 1.82) is 0 Å². The number of hydrogen-bond donors (Lipinski definition) is 3. The molecule has 0 unspecified atom stereocenters. The summed E-state index contributed by atoms with van der Waals surface area (Å²) in [5.41, 5.74) is 25.0. The molecule has 0 bridgehead atoms. The topological polar surface area (TPSA) is 199 Å². The molecule has 0 saturated heterocycles. The Balaban J connectivity index is 1.55. The summed E-state index contributed by atoms with van der Waals surface area (Å²) < 4.78 is 54.1. The molecule has 0 aliphatic carbocycles. The van der Waals surface area contributed by atoms with Gasteiger partial charge < -0.3 is 19.3 Å². The fourth-order valence-electron chi connectivity index (χ4n) is 5.54. The average Bonchev–Trinajstić information content (AvgIpc) is 3.52. The number of nitrogens with one attached hydrogen (secondary N) is 2. The largest absolute Gasteiger partial charge is 0.573 e. The van der Waals surface area contributed by atoms with Gasteiger partial charge in [-0.25, -0.2) is 10.4 Å². The van der Waals surface area contributed by atoms with Crippen molar-refractivity contribution in [2.24, 2.45) is 15.2 Å². The van der Waals surface area contributed by atoms with Crippen LogP contribution in [0.4, 0.5) is 18.9 Å². The highest BCUT2D eigenvalue weighted by molar-refractivity contribution is 6.01. The summed E-state index contributed by atoms with van der Waals surface area (Å²) in [6, 6.07) is 25.6. The van der Waals surface area contributed by atoms with Crippen molar-refractivity contribution in [3.8, 4) is 11.5 Å². The number of aliphatic imine (C=N–C) groups is 1. The first-order valence-corrected chi connectivity index (χ1v) is 15.9. The summed E-state index contributed by atoms with van der Waals surface area (Å²) in [6.07, 6.45) is -5.61. The number of alkyl halides is 3. The maximum Gasteiger partial charge on any atom is 0.573 e. The third-order valence-electron chi connectivity index (χ3n) is 7.93. The Morgan fingerprint density at radius 2 is 1.63 bits per heavy atom. The van der Waals surface area contributed by atoms with Crippen LogP contribution in [0.3, 0.4) is 0 Å². The number of nitrogens with zero attached hydrogens (tertiary/aromatic N) is 7. The van der Waals surface area contributed by atoms with Gasteiger partial charge in [0.2, 0.25) is 5.90 Å². The Labute approximate surface area is 295 Å². The molecule has 5 rings (SSSR count). The van der Waals surface area contributed by atoms with Gasteiger partial charge in [0.05, 0.1) is 13.2 Å². The molecule has 1 heterocycles. The second kappa shape index (κ2) is 17.1. The number of ether oxygens (including phenoxy) is 3. The number of aliphatic hydroxyl groups excluding tert-OH is 1. The second-order valence-electron chi connectivity index (χ2n) is 11.4. The molecule has 1 aliphatic rings. The Morgan fingerprint density at radius 3 is 2.33 bits per heavy atom. The highest BCUT2D eigenvalue weighted by Crippen LogP contribution is 2.44. The van der Waals surface area contributed by atoms with E-state index in [1.165, 1.54) is 12.1 Å². The number of hydrogen-bond acceptors (Lipinski definition) is 9. The zero-order valence-corrected chi connectivity index (χ0v) is 27.4. The van der Waals surface area contributed by atoms with Gasteiger partial charge in [0.25, 0.3) is 5.91 Å². The van der Waals surface area contributed by atoms with Gasteiger partial charge in [0, 0.05) is 47.1 Å². The predicted octanol–water partition coefficient (Wildman–Crippen LogP) is 7.42. The van der Waals surface area contributed by atoms with Crippen molar-refractivity contribution in [2.75, 3.05) is 13.2 Å². The van der Waals surface area contributed by atoms with E-state index < -0.39 is 29.7 Å². The third kappa shape index (κ3) is 9.29. The fraction of sp³-hybridized carbons (Fsp3) is 0.257. The van der Waals surface area contributed by atoms with E-state index in [0.29, 0.717) is 46.6 Å². The number of azide groups is 2. The number of amides is 1. The van der Waals surface area contributed by atoms with E-state index in [2.05, 4.69) is 35.6 Å². The minimum absolute atomic E-state index is 0.0107. The fourth-order valence-corrected chi connectivity index (χ4v) is 5.54. The minimum atomic E-state index is -4.84. The highest BCUT2D eigenvalue weighted by Gasteiger charge is 2.54. The molecule has 0 aromatic heterocycles. The normalized spacial score (nSPS) is 16.5. The molecular weight excluding hydrogens is 683 g/mol. The van der Waals surface area contributed by atoms with E-state index in [-0.39, 0.29) is 37.7 Å². The first-order valence-electron chi connectivity index (χ1n) is 15.9. The Hall–Kier alpha value is -6.25. The van der Waals surface area contributed by atoms with Gasteiger partial charge in [-0.15, -0.1) is 13.2 Å². The number of carbonyl (C=O) groups is 1. The lowest BCUT2D eigenvalue weighted by Gasteiger charge is -2.32. The van der Waals surface area contributed by atoms with Crippen LogP contribution in [0, 0.1) is 0 Å². The summed E-state index contributed by atoms with van der Waals surface area (Å²) in [4.78, 5) is 25.4. The second-order valence-corrected chi connectivity index (χ2v) is 11.4. The number of hydrazine groups is 1. The average molecular weight is 716 g/mol. The summed E-state index contributed by atoms with van der Waals surface area (Å²) in [6.45, 7) is 0.248. The summed E-state index contributed by atoms with van der Waals surface area (Å²) in [7, 11) is 0. The van der Waals surface area contributed by atoms with E-state index in [4.69, 9.17) is 25.1 Å². The molecule has 0 saturated carbocycles. The summed E-state index contributed by atoms with van der Waals surface area (Å²) in [5.74, 6) is -0.388. The first kappa shape index (κ1) is 37.0. The molecule has 1 amide bonds. The SMILES string of the molecule is [N-]=[N+]=NCc1ccccc1[C@@H]1OC(c2ccc(OCCCO)cc2)=N[C@]1(Cc1ccccc1N=[N+]=[N-])C(=O)NNCc1ccc(OC(F)(F)F)cc1. The predicted molar refractivity (Wildman–Crippen MR) is 183 cm³/mol. The van der Waals surface area contributed by atoms with Crippen LogP contribution in [-0.2, 0) is 29.0 Å². The van der Waals surface area contributed by atoms with E-state index >= 15 is 0 Å². The molecule has 3 N–H and O–H groups in total. The lowest BCUT2D eigenvalue weighted by atomic mass is 9.80. The molecule has 0 radical (unpaired) electrons. The number of rotatable bonds is 16. The lowest BCUT2D eigenvalue weighted by Crippen LogP contribution is -2.53. The van der Waals surface area contributed by atoms with Crippen LogP contribution in [0.2, 0.25) is 0 Å². The molecule has 0 spiro atoms. The Kier molecular flexibility index (Phi) is 12.2. The molecule has 17 heteroatoms. The van der Waals surface area contributed by atoms with Crippen molar-refractivity contribution in [3.63, 3.8) is 0 Å². The van der Waals surface area contributed by atoms with Crippen LogP contribution in [0.1, 0.15) is 40.3 Å².